The van der Waals surface area contributed by atoms with Crippen molar-refractivity contribution in [2.24, 2.45) is 11.8 Å². The topological polar surface area (TPSA) is 15.3 Å². The van der Waals surface area contributed by atoms with Crippen LogP contribution in [-0.4, -0.2) is 31.6 Å². The van der Waals surface area contributed by atoms with Gasteiger partial charge in [-0.15, -0.1) is 0 Å². The first kappa shape index (κ1) is 18.1. The van der Waals surface area contributed by atoms with Crippen LogP contribution in [0.1, 0.15) is 45.7 Å². The standard InChI is InChI=1S/C18H31FN2/c1-14(2)12-21(13-15(3)4)11-10-18(20-5)16-6-8-17(19)9-7-16/h6-9,14-15,18,20H,10-13H2,1-5H3. The zero-order chi connectivity index (χ0) is 15.8. The summed E-state index contributed by atoms with van der Waals surface area (Å²) < 4.78 is 13.0. The predicted octanol–water partition coefficient (Wildman–Crippen LogP) is 4.09. The fourth-order valence-corrected chi connectivity index (χ4v) is 2.77. The molecule has 0 aromatic heterocycles. The van der Waals surface area contributed by atoms with E-state index in [1.54, 1.807) is 12.1 Å². The van der Waals surface area contributed by atoms with Crippen molar-refractivity contribution >= 4 is 0 Å². The number of hydrogen-bond acceptors (Lipinski definition) is 2. The van der Waals surface area contributed by atoms with E-state index in [9.17, 15) is 4.39 Å². The van der Waals surface area contributed by atoms with Gasteiger partial charge in [-0.3, -0.25) is 0 Å². The minimum absolute atomic E-state index is 0.171. The quantitative estimate of drug-likeness (QED) is 0.738. The van der Waals surface area contributed by atoms with Crippen LogP contribution in [0.25, 0.3) is 0 Å². The van der Waals surface area contributed by atoms with Crippen LogP contribution in [0.15, 0.2) is 24.3 Å². The second kappa shape index (κ2) is 9.16. The van der Waals surface area contributed by atoms with Crippen LogP contribution in [0, 0.1) is 17.7 Å². The smallest absolute Gasteiger partial charge is 0.123 e. The maximum absolute atomic E-state index is 13.0. The Kier molecular flexibility index (Phi) is 7.91. The third-order valence-corrected chi connectivity index (χ3v) is 3.60. The first-order chi connectivity index (χ1) is 9.92. The Balaban J connectivity index is 2.60. The molecule has 0 bridgehead atoms. The molecule has 2 nitrogen and oxygen atoms in total. The molecule has 0 aliphatic rings. The summed E-state index contributed by atoms with van der Waals surface area (Å²) in [7, 11) is 1.98. The molecule has 0 aliphatic carbocycles. The molecular formula is C18H31FN2. The van der Waals surface area contributed by atoms with E-state index < -0.39 is 0 Å². The summed E-state index contributed by atoms with van der Waals surface area (Å²) in [5.74, 6) is 1.19. The Morgan fingerprint density at radius 2 is 1.52 bits per heavy atom. The summed E-state index contributed by atoms with van der Waals surface area (Å²) >= 11 is 0. The molecule has 21 heavy (non-hydrogen) atoms. The number of nitrogens with zero attached hydrogens (tertiary/aromatic N) is 1. The monoisotopic (exact) mass is 294 g/mol. The average molecular weight is 294 g/mol. The molecule has 0 heterocycles. The van der Waals surface area contributed by atoms with Gasteiger partial charge in [-0.25, -0.2) is 4.39 Å². The van der Waals surface area contributed by atoms with E-state index in [1.807, 2.05) is 19.2 Å². The van der Waals surface area contributed by atoms with Crippen molar-refractivity contribution in [3.05, 3.63) is 35.6 Å². The second-order valence-electron chi connectivity index (χ2n) is 6.73. The molecule has 3 heteroatoms. The number of benzene rings is 1. The molecular weight excluding hydrogens is 263 g/mol. The summed E-state index contributed by atoms with van der Waals surface area (Å²) in [5, 5.41) is 3.35. The van der Waals surface area contributed by atoms with E-state index >= 15 is 0 Å². The maximum Gasteiger partial charge on any atom is 0.123 e. The Morgan fingerprint density at radius 3 is 1.95 bits per heavy atom. The van der Waals surface area contributed by atoms with E-state index in [0.29, 0.717) is 11.8 Å². The Hall–Kier alpha value is -0.930. The van der Waals surface area contributed by atoms with Gasteiger partial charge in [0.25, 0.3) is 0 Å². The first-order valence-electron chi connectivity index (χ1n) is 8.07. The summed E-state index contributed by atoms with van der Waals surface area (Å²) in [5.41, 5.74) is 1.16. The number of halogens is 1. The maximum atomic E-state index is 13.0. The van der Waals surface area contributed by atoms with Gasteiger partial charge in [0.05, 0.1) is 0 Å². The van der Waals surface area contributed by atoms with Crippen LogP contribution in [0.5, 0.6) is 0 Å². The highest BCUT2D eigenvalue weighted by molar-refractivity contribution is 5.19. The molecule has 0 saturated heterocycles. The Bertz CT molecular complexity index is 377. The van der Waals surface area contributed by atoms with Gasteiger partial charge in [-0.2, -0.15) is 0 Å². The van der Waals surface area contributed by atoms with E-state index in [0.717, 1.165) is 31.6 Å². The van der Waals surface area contributed by atoms with Crippen molar-refractivity contribution in [2.75, 3.05) is 26.7 Å². The molecule has 0 amide bonds. The zero-order valence-electron chi connectivity index (χ0n) is 14.2. The van der Waals surface area contributed by atoms with Crippen LogP contribution < -0.4 is 5.32 Å². The summed E-state index contributed by atoms with van der Waals surface area (Å²) in [6.45, 7) is 12.4. The normalized spacial score (nSPS) is 13.4. The van der Waals surface area contributed by atoms with Crippen molar-refractivity contribution in [1.29, 1.82) is 0 Å². The Morgan fingerprint density at radius 1 is 1.00 bits per heavy atom. The summed E-state index contributed by atoms with van der Waals surface area (Å²) in [6.07, 6.45) is 1.04. The minimum atomic E-state index is -0.171. The van der Waals surface area contributed by atoms with Crippen molar-refractivity contribution < 1.29 is 4.39 Å². The van der Waals surface area contributed by atoms with Gasteiger partial charge >= 0.3 is 0 Å². The van der Waals surface area contributed by atoms with Gasteiger partial charge < -0.3 is 10.2 Å². The highest BCUT2D eigenvalue weighted by Crippen LogP contribution is 2.18. The molecule has 1 aromatic rings. The van der Waals surface area contributed by atoms with E-state index in [1.165, 1.54) is 0 Å². The summed E-state index contributed by atoms with van der Waals surface area (Å²) in [4.78, 5) is 2.54. The highest BCUT2D eigenvalue weighted by Gasteiger charge is 2.14. The van der Waals surface area contributed by atoms with Crippen molar-refractivity contribution in [2.45, 2.75) is 40.2 Å². The molecule has 1 unspecified atom stereocenters. The minimum Gasteiger partial charge on any atom is -0.313 e. The van der Waals surface area contributed by atoms with Crippen LogP contribution in [-0.2, 0) is 0 Å². The molecule has 1 aromatic carbocycles. The van der Waals surface area contributed by atoms with E-state index in [-0.39, 0.29) is 11.9 Å². The number of rotatable bonds is 9. The van der Waals surface area contributed by atoms with Crippen molar-refractivity contribution in [1.82, 2.24) is 10.2 Å². The van der Waals surface area contributed by atoms with E-state index in [4.69, 9.17) is 0 Å². The van der Waals surface area contributed by atoms with Crippen LogP contribution in [0.3, 0.4) is 0 Å². The molecule has 0 saturated carbocycles. The van der Waals surface area contributed by atoms with Crippen molar-refractivity contribution in [3.63, 3.8) is 0 Å². The molecule has 120 valence electrons. The molecule has 0 fully saturated rings. The predicted molar refractivity (Wildman–Crippen MR) is 88.9 cm³/mol. The molecule has 0 spiro atoms. The average Bonchev–Trinajstić information content (AvgIpc) is 2.39. The van der Waals surface area contributed by atoms with Gasteiger partial charge in [-0.1, -0.05) is 39.8 Å². The number of hydrogen-bond donors (Lipinski definition) is 1. The molecule has 1 N–H and O–H groups in total. The fourth-order valence-electron chi connectivity index (χ4n) is 2.77. The lowest BCUT2D eigenvalue weighted by atomic mass is 10.0. The van der Waals surface area contributed by atoms with Gasteiger partial charge in [0.1, 0.15) is 5.82 Å². The second-order valence-corrected chi connectivity index (χ2v) is 6.73. The van der Waals surface area contributed by atoms with Gasteiger partial charge in [-0.05, 0) is 49.5 Å². The molecule has 0 aliphatic heterocycles. The van der Waals surface area contributed by atoms with Gasteiger partial charge in [0.2, 0.25) is 0 Å². The fraction of sp³-hybridized carbons (Fsp3) is 0.667. The molecule has 0 radical (unpaired) electrons. The zero-order valence-corrected chi connectivity index (χ0v) is 14.2. The lowest BCUT2D eigenvalue weighted by Gasteiger charge is -2.28. The molecule has 1 rings (SSSR count). The van der Waals surface area contributed by atoms with Crippen LogP contribution in [0.2, 0.25) is 0 Å². The SMILES string of the molecule is CNC(CCN(CC(C)C)CC(C)C)c1ccc(F)cc1. The van der Waals surface area contributed by atoms with Gasteiger partial charge in [0, 0.05) is 19.1 Å². The lowest BCUT2D eigenvalue weighted by Crippen LogP contribution is -2.34. The highest BCUT2D eigenvalue weighted by atomic mass is 19.1. The molecule has 1 atom stereocenters. The Labute approximate surface area is 129 Å². The van der Waals surface area contributed by atoms with Gasteiger partial charge in [0.15, 0.2) is 0 Å². The van der Waals surface area contributed by atoms with Crippen molar-refractivity contribution in [3.8, 4) is 0 Å². The van der Waals surface area contributed by atoms with Crippen LogP contribution in [0.4, 0.5) is 4.39 Å². The lowest BCUT2D eigenvalue weighted by molar-refractivity contribution is 0.209. The third kappa shape index (κ3) is 7.05. The third-order valence-electron chi connectivity index (χ3n) is 3.60. The van der Waals surface area contributed by atoms with Crippen LogP contribution >= 0.6 is 0 Å². The van der Waals surface area contributed by atoms with E-state index in [2.05, 4.69) is 37.9 Å². The first-order valence-corrected chi connectivity index (χ1v) is 8.07. The summed E-state index contributed by atoms with van der Waals surface area (Å²) in [6, 6.07) is 7.13. The largest absolute Gasteiger partial charge is 0.313 e. The number of nitrogens with one attached hydrogen (secondary N) is 1.